The third kappa shape index (κ3) is 3.76. The summed E-state index contributed by atoms with van der Waals surface area (Å²) in [4.78, 5) is 13.7. The highest BCUT2D eigenvalue weighted by Gasteiger charge is 2.23. The van der Waals surface area contributed by atoms with Gasteiger partial charge in [0.1, 0.15) is 0 Å². The molecule has 116 valence electrons. The molecule has 2 rings (SSSR count). The normalized spacial score (nSPS) is 17.5. The summed E-state index contributed by atoms with van der Waals surface area (Å²) in [6, 6.07) is 6.63. The van der Waals surface area contributed by atoms with Crippen LogP contribution in [-0.2, 0) is 6.42 Å². The number of amides is 2. The van der Waals surface area contributed by atoms with E-state index in [1.54, 1.807) is 7.05 Å². The Morgan fingerprint density at radius 1 is 1.48 bits per heavy atom. The van der Waals surface area contributed by atoms with E-state index < -0.39 is 0 Å². The molecule has 21 heavy (non-hydrogen) atoms. The molecule has 0 unspecified atom stereocenters. The van der Waals surface area contributed by atoms with Crippen LogP contribution in [0, 0.1) is 0 Å². The SMILES string of the molecule is CC(C)c1ccc2c(c1)[C@H](NC(=O)N(C)CCO)CCC2. The maximum Gasteiger partial charge on any atom is 0.317 e. The number of hydrogen-bond acceptors (Lipinski definition) is 2. The van der Waals surface area contributed by atoms with E-state index in [9.17, 15) is 4.79 Å². The van der Waals surface area contributed by atoms with Gasteiger partial charge in [-0.2, -0.15) is 0 Å². The number of aryl methyl sites for hydroxylation is 1. The molecule has 4 heteroatoms. The summed E-state index contributed by atoms with van der Waals surface area (Å²) in [7, 11) is 1.71. The van der Waals surface area contributed by atoms with Gasteiger partial charge in [0.25, 0.3) is 0 Å². The van der Waals surface area contributed by atoms with Crippen LogP contribution >= 0.6 is 0 Å². The number of rotatable bonds is 4. The number of aliphatic hydroxyl groups excluding tert-OH is 1. The lowest BCUT2D eigenvalue weighted by atomic mass is 9.85. The molecule has 1 aliphatic rings. The van der Waals surface area contributed by atoms with Gasteiger partial charge in [-0.25, -0.2) is 4.79 Å². The minimum absolute atomic E-state index is 0.0112. The zero-order valence-corrected chi connectivity index (χ0v) is 13.2. The first-order valence-corrected chi connectivity index (χ1v) is 7.78. The van der Waals surface area contributed by atoms with Crippen LogP contribution in [0.25, 0.3) is 0 Å². The van der Waals surface area contributed by atoms with Gasteiger partial charge in [0.15, 0.2) is 0 Å². The Bertz CT molecular complexity index is 500. The molecule has 0 heterocycles. The van der Waals surface area contributed by atoms with Gasteiger partial charge in [-0.3, -0.25) is 0 Å². The Labute approximate surface area is 127 Å². The van der Waals surface area contributed by atoms with E-state index in [2.05, 4.69) is 37.4 Å². The molecule has 2 amide bonds. The average Bonchev–Trinajstić information content (AvgIpc) is 2.47. The maximum atomic E-state index is 12.1. The predicted octanol–water partition coefficient (Wildman–Crippen LogP) is 2.82. The van der Waals surface area contributed by atoms with Crippen molar-refractivity contribution >= 4 is 6.03 Å². The number of likely N-dealkylation sites (N-methyl/N-ethyl adjacent to an activating group) is 1. The van der Waals surface area contributed by atoms with Crippen LogP contribution in [0.4, 0.5) is 4.79 Å². The highest BCUT2D eigenvalue weighted by molar-refractivity contribution is 5.74. The Balaban J connectivity index is 2.17. The summed E-state index contributed by atoms with van der Waals surface area (Å²) in [6.45, 7) is 4.72. The Hall–Kier alpha value is -1.55. The minimum atomic E-state index is -0.114. The van der Waals surface area contributed by atoms with Gasteiger partial charge in [0, 0.05) is 13.6 Å². The standard InChI is InChI=1S/C17H26N2O2/c1-12(2)14-8-7-13-5-4-6-16(15(13)11-14)18-17(21)19(3)9-10-20/h7-8,11-12,16,20H,4-6,9-10H2,1-3H3,(H,18,21)/t16-/m1/s1. The van der Waals surface area contributed by atoms with Crippen molar-refractivity contribution in [2.45, 2.75) is 45.1 Å². The topological polar surface area (TPSA) is 52.6 Å². The lowest BCUT2D eigenvalue weighted by Gasteiger charge is -2.29. The van der Waals surface area contributed by atoms with Gasteiger partial charge >= 0.3 is 6.03 Å². The molecule has 0 spiro atoms. The van der Waals surface area contributed by atoms with Crippen molar-refractivity contribution in [3.63, 3.8) is 0 Å². The number of urea groups is 1. The van der Waals surface area contributed by atoms with Crippen LogP contribution in [0.5, 0.6) is 0 Å². The number of hydrogen-bond donors (Lipinski definition) is 2. The average molecular weight is 290 g/mol. The van der Waals surface area contributed by atoms with E-state index in [0.29, 0.717) is 12.5 Å². The Morgan fingerprint density at radius 3 is 2.90 bits per heavy atom. The molecule has 0 fully saturated rings. The molecule has 4 nitrogen and oxygen atoms in total. The van der Waals surface area contributed by atoms with Gasteiger partial charge in [-0.1, -0.05) is 32.0 Å². The predicted molar refractivity (Wildman–Crippen MR) is 84.5 cm³/mol. The maximum absolute atomic E-state index is 12.1. The third-order valence-corrected chi connectivity index (χ3v) is 4.23. The van der Waals surface area contributed by atoms with Crippen molar-refractivity contribution in [1.82, 2.24) is 10.2 Å². The summed E-state index contributed by atoms with van der Waals surface area (Å²) >= 11 is 0. The van der Waals surface area contributed by atoms with Crippen LogP contribution in [0.2, 0.25) is 0 Å². The van der Waals surface area contributed by atoms with Crippen molar-refractivity contribution in [3.8, 4) is 0 Å². The zero-order valence-electron chi connectivity index (χ0n) is 13.2. The first-order valence-electron chi connectivity index (χ1n) is 7.78. The fraction of sp³-hybridized carbons (Fsp3) is 0.588. The highest BCUT2D eigenvalue weighted by atomic mass is 16.3. The van der Waals surface area contributed by atoms with Crippen molar-refractivity contribution < 1.29 is 9.90 Å². The molecule has 0 bridgehead atoms. The smallest absolute Gasteiger partial charge is 0.317 e. The largest absolute Gasteiger partial charge is 0.395 e. The lowest BCUT2D eigenvalue weighted by Crippen LogP contribution is -2.41. The minimum Gasteiger partial charge on any atom is -0.395 e. The zero-order chi connectivity index (χ0) is 15.4. The quantitative estimate of drug-likeness (QED) is 0.896. The molecule has 0 saturated carbocycles. The monoisotopic (exact) mass is 290 g/mol. The van der Waals surface area contributed by atoms with Gasteiger partial charge in [-0.05, 0) is 41.9 Å². The molecule has 0 aromatic heterocycles. The fourth-order valence-electron chi connectivity index (χ4n) is 2.84. The van der Waals surface area contributed by atoms with Crippen molar-refractivity contribution in [3.05, 3.63) is 34.9 Å². The summed E-state index contributed by atoms with van der Waals surface area (Å²) in [6.07, 6.45) is 3.17. The van der Waals surface area contributed by atoms with E-state index in [1.165, 1.54) is 21.6 Å². The number of fused-ring (bicyclic) bond motifs is 1. The molecular weight excluding hydrogens is 264 g/mol. The molecule has 2 N–H and O–H groups in total. The molecule has 0 radical (unpaired) electrons. The first-order chi connectivity index (χ1) is 10.0. The molecular formula is C17H26N2O2. The lowest BCUT2D eigenvalue weighted by molar-refractivity contribution is 0.186. The van der Waals surface area contributed by atoms with Crippen molar-refractivity contribution in [2.75, 3.05) is 20.2 Å². The number of aliphatic hydroxyl groups is 1. The van der Waals surface area contributed by atoms with Crippen LogP contribution in [0.1, 0.15) is 55.3 Å². The molecule has 0 saturated heterocycles. The molecule has 1 aromatic rings. The van der Waals surface area contributed by atoms with Gasteiger partial charge in [0.05, 0.1) is 12.6 Å². The van der Waals surface area contributed by atoms with Crippen LogP contribution in [0.15, 0.2) is 18.2 Å². The molecule has 1 aromatic carbocycles. The first kappa shape index (κ1) is 15.8. The summed E-state index contributed by atoms with van der Waals surface area (Å²) < 4.78 is 0. The number of nitrogens with zero attached hydrogens (tertiary/aromatic N) is 1. The number of carbonyl (C=O) groups excluding carboxylic acids is 1. The van der Waals surface area contributed by atoms with Crippen molar-refractivity contribution in [2.24, 2.45) is 0 Å². The molecule has 0 aliphatic heterocycles. The second-order valence-corrected chi connectivity index (χ2v) is 6.15. The molecule has 1 aliphatic carbocycles. The van der Waals surface area contributed by atoms with E-state index >= 15 is 0 Å². The van der Waals surface area contributed by atoms with Crippen molar-refractivity contribution in [1.29, 1.82) is 0 Å². The van der Waals surface area contributed by atoms with Crippen LogP contribution in [-0.4, -0.2) is 36.2 Å². The Kier molecular flexibility index (Phi) is 5.23. The molecule has 1 atom stereocenters. The summed E-state index contributed by atoms with van der Waals surface area (Å²) in [5.74, 6) is 0.491. The summed E-state index contributed by atoms with van der Waals surface area (Å²) in [5, 5.41) is 12.0. The van der Waals surface area contributed by atoms with Gasteiger partial charge in [-0.15, -0.1) is 0 Å². The third-order valence-electron chi connectivity index (χ3n) is 4.23. The fourth-order valence-corrected chi connectivity index (χ4v) is 2.84. The Morgan fingerprint density at radius 2 is 2.24 bits per heavy atom. The van der Waals surface area contributed by atoms with Crippen LogP contribution in [0.3, 0.4) is 0 Å². The van der Waals surface area contributed by atoms with E-state index in [-0.39, 0.29) is 18.7 Å². The van der Waals surface area contributed by atoms with Gasteiger partial charge in [0.2, 0.25) is 0 Å². The van der Waals surface area contributed by atoms with E-state index in [0.717, 1.165) is 19.3 Å². The summed E-state index contributed by atoms with van der Waals surface area (Å²) in [5.41, 5.74) is 3.93. The number of carbonyl (C=O) groups is 1. The highest BCUT2D eigenvalue weighted by Crippen LogP contribution is 2.32. The van der Waals surface area contributed by atoms with Crippen LogP contribution < -0.4 is 5.32 Å². The number of nitrogens with one attached hydrogen (secondary N) is 1. The number of benzene rings is 1. The second kappa shape index (κ2) is 6.94. The second-order valence-electron chi connectivity index (χ2n) is 6.15. The van der Waals surface area contributed by atoms with Gasteiger partial charge < -0.3 is 15.3 Å². The van der Waals surface area contributed by atoms with E-state index in [1.807, 2.05) is 0 Å². The van der Waals surface area contributed by atoms with E-state index in [4.69, 9.17) is 5.11 Å².